The third-order valence-corrected chi connectivity index (χ3v) is 3.23. The van der Waals surface area contributed by atoms with Crippen LogP contribution < -0.4 is 5.32 Å². The minimum Gasteiger partial charge on any atom is -0.347 e. The van der Waals surface area contributed by atoms with Gasteiger partial charge in [0, 0.05) is 20.6 Å². The Morgan fingerprint density at radius 2 is 1.89 bits per heavy atom. The summed E-state index contributed by atoms with van der Waals surface area (Å²) in [5.74, 6) is 0.173. The summed E-state index contributed by atoms with van der Waals surface area (Å²) in [4.78, 5) is 13.8. The summed E-state index contributed by atoms with van der Waals surface area (Å²) in [5.41, 5.74) is 1.22. The topological polar surface area (TPSA) is 32.3 Å². The van der Waals surface area contributed by atoms with Crippen LogP contribution in [0.4, 0.5) is 0 Å². The summed E-state index contributed by atoms with van der Waals surface area (Å²) in [6.07, 6.45) is 4.38. The fourth-order valence-corrected chi connectivity index (χ4v) is 2.06. The van der Waals surface area contributed by atoms with Crippen molar-refractivity contribution >= 4 is 5.91 Å². The second-order valence-corrected chi connectivity index (χ2v) is 5.15. The van der Waals surface area contributed by atoms with Crippen molar-refractivity contribution < 1.29 is 4.79 Å². The maximum absolute atomic E-state index is 12.1. The summed E-state index contributed by atoms with van der Waals surface area (Å²) >= 11 is 0. The average Bonchev–Trinajstić information content (AvgIpc) is 2.43. The molecule has 1 rings (SSSR count). The lowest BCUT2D eigenvalue weighted by Gasteiger charge is -2.21. The molecule has 0 heterocycles. The highest BCUT2D eigenvalue weighted by Gasteiger charge is 2.18. The van der Waals surface area contributed by atoms with Gasteiger partial charge >= 0.3 is 0 Å². The third kappa shape index (κ3) is 5.88. The Bertz CT molecular complexity index is 362. The average molecular weight is 262 g/mol. The minimum atomic E-state index is -0.0678. The van der Waals surface area contributed by atoms with Gasteiger partial charge in [-0.05, 0) is 12.0 Å². The van der Waals surface area contributed by atoms with Crippen molar-refractivity contribution in [1.29, 1.82) is 0 Å². The van der Waals surface area contributed by atoms with Crippen LogP contribution in [0.5, 0.6) is 0 Å². The highest BCUT2D eigenvalue weighted by molar-refractivity contribution is 5.81. The van der Waals surface area contributed by atoms with Gasteiger partial charge in [0.25, 0.3) is 0 Å². The van der Waals surface area contributed by atoms with Crippen molar-refractivity contribution in [3.63, 3.8) is 0 Å². The Labute approximate surface area is 117 Å². The van der Waals surface area contributed by atoms with Crippen LogP contribution in [-0.2, 0) is 11.3 Å². The van der Waals surface area contributed by atoms with Crippen molar-refractivity contribution in [1.82, 2.24) is 10.2 Å². The van der Waals surface area contributed by atoms with E-state index in [1.807, 2.05) is 32.3 Å². The number of unbranched alkanes of at least 4 members (excludes halogenated alkanes) is 2. The number of carbonyl (C=O) groups excluding carboxylic acids is 1. The molecule has 1 unspecified atom stereocenters. The zero-order valence-corrected chi connectivity index (χ0v) is 12.4. The van der Waals surface area contributed by atoms with Gasteiger partial charge in [0.05, 0.1) is 6.04 Å². The molecule has 1 amide bonds. The van der Waals surface area contributed by atoms with Gasteiger partial charge in [-0.1, -0.05) is 56.5 Å². The predicted molar refractivity (Wildman–Crippen MR) is 79.9 cm³/mol. The second-order valence-electron chi connectivity index (χ2n) is 5.15. The van der Waals surface area contributed by atoms with Gasteiger partial charge in [-0.15, -0.1) is 0 Å². The monoisotopic (exact) mass is 262 g/mol. The smallest absolute Gasteiger partial charge is 0.239 e. The summed E-state index contributed by atoms with van der Waals surface area (Å²) in [7, 11) is 3.64. The second kappa shape index (κ2) is 8.70. The fourth-order valence-electron chi connectivity index (χ4n) is 2.06. The van der Waals surface area contributed by atoms with E-state index < -0.39 is 0 Å². The number of nitrogens with zero attached hydrogens (tertiary/aromatic N) is 1. The van der Waals surface area contributed by atoms with E-state index in [2.05, 4.69) is 24.4 Å². The number of amides is 1. The largest absolute Gasteiger partial charge is 0.347 e. The lowest BCUT2D eigenvalue weighted by atomic mass is 10.1. The van der Waals surface area contributed by atoms with Crippen LogP contribution in [0.1, 0.15) is 38.2 Å². The molecule has 0 aliphatic heterocycles. The van der Waals surface area contributed by atoms with Gasteiger partial charge < -0.3 is 10.2 Å². The number of hydrogen-bond acceptors (Lipinski definition) is 2. The molecule has 19 heavy (non-hydrogen) atoms. The molecule has 0 aliphatic carbocycles. The maximum atomic E-state index is 12.1. The lowest BCUT2D eigenvalue weighted by molar-refractivity contribution is -0.131. The zero-order valence-electron chi connectivity index (χ0n) is 12.4. The van der Waals surface area contributed by atoms with Crippen LogP contribution in [0.3, 0.4) is 0 Å². The Hall–Kier alpha value is -1.35. The van der Waals surface area contributed by atoms with Gasteiger partial charge in [0.2, 0.25) is 5.91 Å². The molecule has 1 aromatic rings. The molecule has 0 saturated heterocycles. The fraction of sp³-hybridized carbons (Fsp3) is 0.562. The number of likely N-dealkylation sites (N-methyl/N-ethyl adjacent to an activating group) is 1. The van der Waals surface area contributed by atoms with E-state index in [-0.39, 0.29) is 11.9 Å². The molecule has 1 N–H and O–H groups in total. The molecular formula is C16H26N2O. The predicted octanol–water partition coefficient (Wildman–Crippen LogP) is 2.81. The summed E-state index contributed by atoms with van der Waals surface area (Å²) in [5, 5.41) is 3.38. The standard InChI is InChI=1S/C16H26N2O/c1-4-5-7-12-15(16(19)18(2)3)17-13-14-10-8-6-9-11-14/h6,8-11,15,17H,4-5,7,12-13H2,1-3H3. The third-order valence-electron chi connectivity index (χ3n) is 3.23. The Morgan fingerprint density at radius 3 is 2.47 bits per heavy atom. The van der Waals surface area contributed by atoms with Crippen molar-refractivity contribution in [2.45, 2.75) is 45.2 Å². The first kappa shape index (κ1) is 15.7. The molecule has 0 radical (unpaired) electrons. The van der Waals surface area contributed by atoms with E-state index in [0.717, 1.165) is 19.4 Å². The molecule has 0 saturated carbocycles. The molecule has 0 spiro atoms. The molecule has 106 valence electrons. The Kier molecular flexibility index (Phi) is 7.19. The summed E-state index contributed by atoms with van der Waals surface area (Å²) < 4.78 is 0. The highest BCUT2D eigenvalue weighted by atomic mass is 16.2. The van der Waals surface area contributed by atoms with E-state index in [0.29, 0.717) is 0 Å². The number of hydrogen-bond donors (Lipinski definition) is 1. The quantitative estimate of drug-likeness (QED) is 0.731. The summed E-state index contributed by atoms with van der Waals surface area (Å²) in [6, 6.07) is 10.1. The zero-order chi connectivity index (χ0) is 14.1. The molecule has 1 atom stereocenters. The Morgan fingerprint density at radius 1 is 1.21 bits per heavy atom. The van der Waals surface area contributed by atoms with Gasteiger partial charge in [0.15, 0.2) is 0 Å². The van der Waals surface area contributed by atoms with Crippen LogP contribution in [0, 0.1) is 0 Å². The van der Waals surface area contributed by atoms with Crippen molar-refractivity contribution in [3.8, 4) is 0 Å². The van der Waals surface area contributed by atoms with E-state index in [1.54, 1.807) is 4.90 Å². The van der Waals surface area contributed by atoms with Gasteiger partial charge in [-0.25, -0.2) is 0 Å². The van der Waals surface area contributed by atoms with Crippen LogP contribution in [0.2, 0.25) is 0 Å². The molecule has 3 nitrogen and oxygen atoms in total. The van der Waals surface area contributed by atoms with Crippen LogP contribution in [0.25, 0.3) is 0 Å². The Balaban J connectivity index is 2.51. The van der Waals surface area contributed by atoms with Gasteiger partial charge in [0.1, 0.15) is 0 Å². The number of rotatable bonds is 8. The maximum Gasteiger partial charge on any atom is 0.239 e. The normalized spacial score (nSPS) is 12.2. The minimum absolute atomic E-state index is 0.0678. The number of carbonyl (C=O) groups is 1. The molecule has 3 heteroatoms. The first-order valence-electron chi connectivity index (χ1n) is 7.13. The lowest BCUT2D eigenvalue weighted by Crippen LogP contribution is -2.43. The number of benzene rings is 1. The summed E-state index contributed by atoms with van der Waals surface area (Å²) in [6.45, 7) is 2.93. The first-order valence-corrected chi connectivity index (χ1v) is 7.13. The SMILES string of the molecule is CCCCCC(NCc1ccccc1)C(=O)N(C)C. The van der Waals surface area contributed by atoms with Gasteiger partial charge in [-0.2, -0.15) is 0 Å². The molecular weight excluding hydrogens is 236 g/mol. The van der Waals surface area contributed by atoms with Crippen molar-refractivity contribution in [3.05, 3.63) is 35.9 Å². The molecule has 0 fully saturated rings. The van der Waals surface area contributed by atoms with Gasteiger partial charge in [-0.3, -0.25) is 4.79 Å². The van der Waals surface area contributed by atoms with E-state index >= 15 is 0 Å². The number of nitrogens with one attached hydrogen (secondary N) is 1. The van der Waals surface area contributed by atoms with E-state index in [4.69, 9.17) is 0 Å². The molecule has 0 aromatic heterocycles. The van der Waals surface area contributed by atoms with Crippen LogP contribution >= 0.6 is 0 Å². The molecule has 1 aromatic carbocycles. The molecule has 0 aliphatic rings. The molecule has 0 bridgehead atoms. The highest BCUT2D eigenvalue weighted by Crippen LogP contribution is 2.07. The van der Waals surface area contributed by atoms with Crippen molar-refractivity contribution in [2.75, 3.05) is 14.1 Å². The van der Waals surface area contributed by atoms with E-state index in [9.17, 15) is 4.79 Å². The van der Waals surface area contributed by atoms with Crippen molar-refractivity contribution in [2.24, 2.45) is 0 Å². The first-order chi connectivity index (χ1) is 9.15. The van der Waals surface area contributed by atoms with Crippen LogP contribution in [0.15, 0.2) is 30.3 Å². The van der Waals surface area contributed by atoms with Crippen LogP contribution in [-0.4, -0.2) is 30.9 Å². The van der Waals surface area contributed by atoms with E-state index in [1.165, 1.54) is 18.4 Å².